The second-order valence-electron chi connectivity index (χ2n) is 6.68. The molecule has 8 heteroatoms. The van der Waals surface area contributed by atoms with Crippen molar-refractivity contribution in [2.24, 2.45) is 0 Å². The van der Waals surface area contributed by atoms with Crippen molar-refractivity contribution >= 4 is 17.7 Å². The average Bonchev–Trinajstić information content (AvgIpc) is 3.20. The zero-order valence-electron chi connectivity index (χ0n) is 14.2. The predicted octanol–water partition coefficient (Wildman–Crippen LogP) is 2.17. The highest BCUT2D eigenvalue weighted by atomic mass is 32.2. The molecule has 1 amide bonds. The Hall–Kier alpha value is -1.15. The summed E-state index contributed by atoms with van der Waals surface area (Å²) in [5, 5.41) is 15.7. The molecule has 0 spiro atoms. The van der Waals surface area contributed by atoms with Crippen molar-refractivity contribution in [3.63, 3.8) is 0 Å². The number of hydrogen-bond donors (Lipinski definition) is 1. The fourth-order valence-corrected chi connectivity index (χ4v) is 4.09. The van der Waals surface area contributed by atoms with E-state index in [1.807, 2.05) is 0 Å². The topological polar surface area (TPSA) is 81.9 Å². The molecule has 1 aliphatic carbocycles. The van der Waals surface area contributed by atoms with E-state index in [4.69, 9.17) is 4.74 Å². The minimum atomic E-state index is 0.0808. The Balaban J connectivity index is 1.43. The van der Waals surface area contributed by atoms with Crippen LogP contribution in [0.4, 0.5) is 0 Å². The number of nitrogens with zero attached hydrogens (tertiary/aromatic N) is 4. The van der Waals surface area contributed by atoms with E-state index in [2.05, 4.69) is 20.8 Å². The van der Waals surface area contributed by atoms with Gasteiger partial charge in [-0.2, -0.15) is 0 Å². The lowest BCUT2D eigenvalue weighted by Crippen LogP contribution is -2.36. The van der Waals surface area contributed by atoms with E-state index in [0.717, 1.165) is 32.3 Å². The van der Waals surface area contributed by atoms with Crippen LogP contribution < -0.4 is 5.32 Å². The minimum absolute atomic E-state index is 0.0808. The number of hydrogen-bond acceptors (Lipinski definition) is 6. The lowest BCUT2D eigenvalue weighted by atomic mass is 9.97. The van der Waals surface area contributed by atoms with Crippen LogP contribution in [0.3, 0.4) is 0 Å². The van der Waals surface area contributed by atoms with Gasteiger partial charge in [0.2, 0.25) is 11.1 Å². The summed E-state index contributed by atoms with van der Waals surface area (Å²) in [7, 11) is 0. The summed E-state index contributed by atoms with van der Waals surface area (Å²) >= 11 is 1.40. The van der Waals surface area contributed by atoms with E-state index < -0.39 is 0 Å². The molecule has 1 aromatic heterocycles. The molecule has 7 nitrogen and oxygen atoms in total. The Morgan fingerprint density at radius 1 is 1.17 bits per heavy atom. The Morgan fingerprint density at radius 2 is 1.96 bits per heavy atom. The maximum absolute atomic E-state index is 12.2. The number of thioether (sulfide) groups is 1. The fraction of sp³-hybridized carbons (Fsp3) is 0.875. The number of ether oxygens (including phenoxy) is 1. The molecule has 1 N–H and O–H groups in total. The van der Waals surface area contributed by atoms with Crippen LogP contribution in [0.1, 0.15) is 57.8 Å². The Morgan fingerprint density at radius 3 is 2.71 bits per heavy atom. The van der Waals surface area contributed by atoms with Crippen LogP contribution in [-0.4, -0.2) is 50.6 Å². The molecule has 0 aromatic carbocycles. The van der Waals surface area contributed by atoms with Gasteiger partial charge in [0.15, 0.2) is 0 Å². The van der Waals surface area contributed by atoms with Gasteiger partial charge in [-0.25, -0.2) is 4.68 Å². The van der Waals surface area contributed by atoms with Crippen molar-refractivity contribution < 1.29 is 9.53 Å². The second-order valence-corrected chi connectivity index (χ2v) is 7.62. The van der Waals surface area contributed by atoms with Crippen molar-refractivity contribution in [3.8, 4) is 0 Å². The Labute approximate surface area is 147 Å². The Kier molecular flexibility index (Phi) is 6.89. The smallest absolute Gasteiger partial charge is 0.230 e. The van der Waals surface area contributed by atoms with Gasteiger partial charge in [0.05, 0.1) is 18.4 Å². The molecule has 1 aliphatic heterocycles. The van der Waals surface area contributed by atoms with E-state index in [9.17, 15) is 4.79 Å². The number of carbonyl (C=O) groups is 1. The number of carbonyl (C=O) groups excluding carboxylic acids is 1. The summed E-state index contributed by atoms with van der Waals surface area (Å²) in [5.74, 6) is 0.444. The lowest BCUT2D eigenvalue weighted by Gasteiger charge is -2.20. The van der Waals surface area contributed by atoms with Gasteiger partial charge in [-0.05, 0) is 36.1 Å². The maximum Gasteiger partial charge on any atom is 0.230 e. The van der Waals surface area contributed by atoms with Crippen molar-refractivity contribution in [1.82, 2.24) is 25.5 Å². The molecule has 24 heavy (non-hydrogen) atoms. The van der Waals surface area contributed by atoms with Crippen LogP contribution in [0.25, 0.3) is 0 Å². The van der Waals surface area contributed by atoms with E-state index in [1.54, 1.807) is 4.68 Å². The zero-order valence-corrected chi connectivity index (χ0v) is 15.0. The third-order valence-corrected chi connectivity index (χ3v) is 5.66. The van der Waals surface area contributed by atoms with Gasteiger partial charge in [0.1, 0.15) is 0 Å². The average molecular weight is 353 g/mol. The third kappa shape index (κ3) is 5.44. The SMILES string of the molecule is O=C(CSc1nnnn1CC1CCCO1)NC1CCCCCCC1. The molecule has 134 valence electrons. The molecule has 0 radical (unpaired) electrons. The van der Waals surface area contributed by atoms with Gasteiger partial charge < -0.3 is 10.1 Å². The molecule has 1 atom stereocenters. The summed E-state index contributed by atoms with van der Waals surface area (Å²) in [4.78, 5) is 12.2. The van der Waals surface area contributed by atoms with Crippen LogP contribution in [0, 0.1) is 0 Å². The van der Waals surface area contributed by atoms with Crippen molar-refractivity contribution in [2.75, 3.05) is 12.4 Å². The molecule has 2 aliphatic rings. The van der Waals surface area contributed by atoms with Crippen LogP contribution in [0.2, 0.25) is 0 Å². The summed E-state index contributed by atoms with van der Waals surface area (Å²) < 4.78 is 7.38. The standard InChI is InChI=1S/C16H27N5O2S/c22-15(17-13-7-4-2-1-3-5-8-13)12-24-16-18-19-20-21(16)11-14-9-6-10-23-14/h13-14H,1-12H2,(H,17,22). The van der Waals surface area contributed by atoms with E-state index >= 15 is 0 Å². The zero-order chi connectivity index (χ0) is 16.6. The number of amides is 1. The monoisotopic (exact) mass is 353 g/mol. The van der Waals surface area contributed by atoms with Gasteiger partial charge in [-0.3, -0.25) is 4.79 Å². The fourth-order valence-electron chi connectivity index (χ4n) is 3.40. The highest BCUT2D eigenvalue weighted by Crippen LogP contribution is 2.19. The number of aromatic nitrogens is 4. The first-order valence-corrected chi connectivity index (χ1v) is 10.1. The van der Waals surface area contributed by atoms with Crippen LogP contribution in [0.5, 0.6) is 0 Å². The minimum Gasteiger partial charge on any atom is -0.376 e. The first-order valence-electron chi connectivity index (χ1n) is 9.11. The molecule has 1 unspecified atom stereocenters. The van der Waals surface area contributed by atoms with E-state index in [0.29, 0.717) is 23.5 Å². The Bertz CT molecular complexity index is 510. The lowest BCUT2D eigenvalue weighted by molar-refractivity contribution is -0.119. The second kappa shape index (κ2) is 9.36. The van der Waals surface area contributed by atoms with E-state index in [-0.39, 0.29) is 12.0 Å². The van der Waals surface area contributed by atoms with Gasteiger partial charge in [-0.15, -0.1) is 5.10 Å². The molecule has 2 fully saturated rings. The van der Waals surface area contributed by atoms with Crippen molar-refractivity contribution in [2.45, 2.75) is 81.6 Å². The quantitative estimate of drug-likeness (QED) is 0.789. The number of tetrazole rings is 1. The van der Waals surface area contributed by atoms with Gasteiger partial charge in [-0.1, -0.05) is 43.9 Å². The predicted molar refractivity (Wildman–Crippen MR) is 91.8 cm³/mol. The van der Waals surface area contributed by atoms with Gasteiger partial charge >= 0.3 is 0 Å². The third-order valence-electron chi connectivity index (χ3n) is 4.70. The first-order chi connectivity index (χ1) is 11.8. The normalized spacial score (nSPS) is 22.9. The molecule has 3 rings (SSSR count). The maximum atomic E-state index is 12.2. The highest BCUT2D eigenvalue weighted by molar-refractivity contribution is 7.99. The molecule has 1 aromatic rings. The summed E-state index contributed by atoms with van der Waals surface area (Å²) in [5.41, 5.74) is 0. The number of rotatable bonds is 6. The van der Waals surface area contributed by atoms with Crippen molar-refractivity contribution in [1.29, 1.82) is 0 Å². The van der Waals surface area contributed by atoms with Gasteiger partial charge in [0, 0.05) is 12.6 Å². The summed E-state index contributed by atoms with van der Waals surface area (Å²) in [6.07, 6.45) is 10.9. The summed E-state index contributed by atoms with van der Waals surface area (Å²) in [6, 6.07) is 0.335. The molecular formula is C16H27N5O2S. The van der Waals surface area contributed by atoms with Gasteiger partial charge in [0.25, 0.3) is 0 Å². The number of nitrogens with one attached hydrogen (secondary N) is 1. The van der Waals surface area contributed by atoms with Crippen LogP contribution in [0.15, 0.2) is 5.16 Å². The molecule has 0 bridgehead atoms. The molecular weight excluding hydrogens is 326 g/mol. The summed E-state index contributed by atoms with van der Waals surface area (Å²) in [6.45, 7) is 1.48. The molecule has 1 saturated carbocycles. The first kappa shape index (κ1) is 17.7. The largest absolute Gasteiger partial charge is 0.376 e. The van der Waals surface area contributed by atoms with Crippen LogP contribution in [-0.2, 0) is 16.1 Å². The molecule has 1 saturated heterocycles. The highest BCUT2D eigenvalue weighted by Gasteiger charge is 2.20. The molecule has 2 heterocycles. The van der Waals surface area contributed by atoms with Crippen molar-refractivity contribution in [3.05, 3.63) is 0 Å². The van der Waals surface area contributed by atoms with E-state index in [1.165, 1.54) is 43.9 Å². The van der Waals surface area contributed by atoms with Crippen LogP contribution >= 0.6 is 11.8 Å².